The molecule has 0 spiro atoms. The van der Waals surface area contributed by atoms with Gasteiger partial charge in [-0.1, -0.05) is 49.6 Å². The fraction of sp³-hybridized carbons (Fsp3) is 0.500. The van der Waals surface area contributed by atoms with Crippen LogP contribution < -0.4 is 5.73 Å². The van der Waals surface area contributed by atoms with E-state index in [1.54, 1.807) is 0 Å². The third kappa shape index (κ3) is 1.75. The SMILES string of the molecule is [N]C1(c2ccccc2)CCCCC1. The van der Waals surface area contributed by atoms with Gasteiger partial charge in [-0.15, -0.1) is 5.73 Å². The first kappa shape index (κ1) is 8.76. The Balaban J connectivity index is 2.23. The molecule has 0 heterocycles. The van der Waals surface area contributed by atoms with Crippen LogP contribution in [0, 0.1) is 0 Å². The van der Waals surface area contributed by atoms with E-state index >= 15 is 0 Å². The van der Waals surface area contributed by atoms with Crippen LogP contribution in [0.15, 0.2) is 30.3 Å². The first-order valence-corrected chi connectivity index (χ1v) is 5.09. The highest BCUT2D eigenvalue weighted by molar-refractivity contribution is 5.23. The van der Waals surface area contributed by atoms with Gasteiger partial charge in [-0.2, -0.15) is 0 Å². The normalized spacial score (nSPS) is 21.3. The molecule has 0 N–H and O–H groups in total. The van der Waals surface area contributed by atoms with E-state index in [-0.39, 0.29) is 0 Å². The van der Waals surface area contributed by atoms with Crippen LogP contribution in [-0.4, -0.2) is 0 Å². The van der Waals surface area contributed by atoms with Gasteiger partial charge in [0.25, 0.3) is 0 Å². The smallest absolute Gasteiger partial charge is 0.0792 e. The summed E-state index contributed by atoms with van der Waals surface area (Å²) < 4.78 is 0. The molecule has 0 aromatic heterocycles. The van der Waals surface area contributed by atoms with Gasteiger partial charge in [0.15, 0.2) is 0 Å². The number of benzene rings is 1. The molecule has 1 aromatic rings. The van der Waals surface area contributed by atoms with Crippen molar-refractivity contribution < 1.29 is 0 Å². The van der Waals surface area contributed by atoms with Crippen molar-refractivity contribution in [1.29, 1.82) is 0 Å². The minimum atomic E-state index is -0.528. The van der Waals surface area contributed by atoms with Gasteiger partial charge in [0.2, 0.25) is 0 Å². The van der Waals surface area contributed by atoms with Crippen molar-refractivity contribution in [3.8, 4) is 0 Å². The first-order valence-electron chi connectivity index (χ1n) is 5.09. The molecule has 2 radical (unpaired) electrons. The predicted molar refractivity (Wildman–Crippen MR) is 53.3 cm³/mol. The van der Waals surface area contributed by atoms with Crippen LogP contribution in [0.1, 0.15) is 37.7 Å². The van der Waals surface area contributed by atoms with Crippen LogP contribution in [0.25, 0.3) is 0 Å². The number of hydrogen-bond donors (Lipinski definition) is 0. The maximum Gasteiger partial charge on any atom is 0.0792 e. The quantitative estimate of drug-likeness (QED) is 0.623. The molecule has 0 amide bonds. The lowest BCUT2D eigenvalue weighted by molar-refractivity contribution is 0.291. The van der Waals surface area contributed by atoms with Gasteiger partial charge in [-0.3, -0.25) is 0 Å². The van der Waals surface area contributed by atoms with E-state index in [0.717, 1.165) is 31.2 Å². The van der Waals surface area contributed by atoms with Crippen molar-refractivity contribution in [2.45, 2.75) is 37.6 Å². The molecule has 0 atom stereocenters. The van der Waals surface area contributed by atoms with Crippen molar-refractivity contribution >= 4 is 0 Å². The van der Waals surface area contributed by atoms with Crippen LogP contribution in [0.3, 0.4) is 0 Å². The molecular formula is C12H15N. The average molecular weight is 173 g/mol. The Morgan fingerprint density at radius 2 is 1.54 bits per heavy atom. The van der Waals surface area contributed by atoms with Crippen molar-refractivity contribution in [3.05, 3.63) is 35.9 Å². The van der Waals surface area contributed by atoms with Crippen LogP contribution in [0.5, 0.6) is 0 Å². The lowest BCUT2D eigenvalue weighted by Crippen LogP contribution is -2.30. The molecule has 1 nitrogen and oxygen atoms in total. The third-order valence-electron chi connectivity index (χ3n) is 2.99. The van der Waals surface area contributed by atoms with Gasteiger partial charge in [0.05, 0.1) is 5.54 Å². The summed E-state index contributed by atoms with van der Waals surface area (Å²) in [4.78, 5) is 0. The second-order valence-corrected chi connectivity index (χ2v) is 3.96. The van der Waals surface area contributed by atoms with E-state index in [4.69, 9.17) is 0 Å². The topological polar surface area (TPSA) is 22.3 Å². The molecule has 13 heavy (non-hydrogen) atoms. The fourth-order valence-electron chi connectivity index (χ4n) is 2.17. The molecule has 0 saturated heterocycles. The van der Waals surface area contributed by atoms with Gasteiger partial charge < -0.3 is 0 Å². The maximum atomic E-state index is 10.3. The van der Waals surface area contributed by atoms with Crippen LogP contribution in [0.2, 0.25) is 0 Å². The molecule has 0 unspecified atom stereocenters. The molecular weight excluding hydrogens is 158 g/mol. The monoisotopic (exact) mass is 173 g/mol. The Bertz CT molecular complexity index is 260. The molecule has 1 saturated carbocycles. The predicted octanol–water partition coefficient (Wildman–Crippen LogP) is 2.91. The van der Waals surface area contributed by atoms with Crippen LogP contribution in [-0.2, 0) is 5.54 Å². The summed E-state index contributed by atoms with van der Waals surface area (Å²) in [6.07, 6.45) is 5.44. The summed E-state index contributed by atoms with van der Waals surface area (Å²) in [7, 11) is 0. The molecule has 1 aliphatic rings. The van der Waals surface area contributed by atoms with E-state index in [1.165, 1.54) is 6.42 Å². The van der Waals surface area contributed by atoms with Gasteiger partial charge in [0.1, 0.15) is 0 Å². The van der Waals surface area contributed by atoms with E-state index in [9.17, 15) is 5.73 Å². The minimum Gasteiger partial charge on any atom is -0.132 e. The Morgan fingerprint density at radius 3 is 2.15 bits per heavy atom. The van der Waals surface area contributed by atoms with Crippen molar-refractivity contribution in [1.82, 2.24) is 5.73 Å². The van der Waals surface area contributed by atoms with Gasteiger partial charge in [-0.05, 0) is 18.4 Å². The van der Waals surface area contributed by atoms with Gasteiger partial charge in [-0.25, -0.2) is 0 Å². The zero-order valence-electron chi connectivity index (χ0n) is 7.87. The molecule has 1 fully saturated rings. The largest absolute Gasteiger partial charge is 0.132 e. The summed E-state index contributed by atoms with van der Waals surface area (Å²) in [6.45, 7) is 0. The second-order valence-electron chi connectivity index (χ2n) is 3.96. The molecule has 1 aromatic carbocycles. The van der Waals surface area contributed by atoms with Crippen molar-refractivity contribution in [2.24, 2.45) is 0 Å². The maximum absolute atomic E-state index is 10.3. The zero-order chi connectivity index (χ0) is 9.15. The molecule has 0 bridgehead atoms. The first-order chi connectivity index (χ1) is 6.31. The van der Waals surface area contributed by atoms with Crippen LogP contribution >= 0.6 is 0 Å². The lowest BCUT2D eigenvalue weighted by atomic mass is 9.77. The summed E-state index contributed by atoms with van der Waals surface area (Å²) in [5.74, 6) is 0. The van der Waals surface area contributed by atoms with E-state index < -0.39 is 5.54 Å². The zero-order valence-corrected chi connectivity index (χ0v) is 7.87. The molecule has 1 aliphatic carbocycles. The van der Waals surface area contributed by atoms with E-state index in [2.05, 4.69) is 0 Å². The summed E-state index contributed by atoms with van der Waals surface area (Å²) in [6, 6.07) is 10.1. The Kier molecular flexibility index (Phi) is 2.36. The molecule has 2 rings (SSSR count). The average Bonchev–Trinajstić information content (AvgIpc) is 2.20. The summed E-state index contributed by atoms with van der Waals surface area (Å²) >= 11 is 0. The number of nitrogens with zero attached hydrogens (tertiary/aromatic N) is 1. The summed E-state index contributed by atoms with van der Waals surface area (Å²) in [5, 5.41) is 0. The molecule has 68 valence electrons. The third-order valence-corrected chi connectivity index (χ3v) is 2.99. The van der Waals surface area contributed by atoms with E-state index in [0.29, 0.717) is 0 Å². The highest BCUT2D eigenvalue weighted by Gasteiger charge is 2.31. The highest BCUT2D eigenvalue weighted by atomic mass is 14.7. The van der Waals surface area contributed by atoms with Gasteiger partial charge >= 0.3 is 0 Å². The van der Waals surface area contributed by atoms with Crippen molar-refractivity contribution in [2.75, 3.05) is 0 Å². The second kappa shape index (κ2) is 3.51. The Labute approximate surface area is 80.0 Å². The van der Waals surface area contributed by atoms with E-state index in [1.807, 2.05) is 30.3 Å². The summed E-state index contributed by atoms with van der Waals surface area (Å²) in [5.41, 5.74) is 10.9. The van der Waals surface area contributed by atoms with Crippen LogP contribution in [0.4, 0.5) is 0 Å². The van der Waals surface area contributed by atoms with Gasteiger partial charge in [0, 0.05) is 0 Å². The standard InChI is InChI=1S/C12H15N/c13-12(9-5-2-6-10-12)11-7-3-1-4-8-11/h1,3-4,7-8H,2,5-6,9-10H2. The number of hydrogen-bond acceptors (Lipinski definition) is 0. The Hall–Kier alpha value is -0.820. The Morgan fingerprint density at radius 1 is 0.923 bits per heavy atom. The molecule has 0 aliphatic heterocycles. The lowest BCUT2D eigenvalue weighted by Gasteiger charge is -2.31. The van der Waals surface area contributed by atoms with Crippen molar-refractivity contribution in [3.63, 3.8) is 0 Å². The molecule has 1 heteroatoms. The highest BCUT2D eigenvalue weighted by Crippen LogP contribution is 2.35. The minimum absolute atomic E-state index is 0.528. The fourth-order valence-corrected chi connectivity index (χ4v) is 2.17. The number of rotatable bonds is 1.